The molecule has 5 aromatic rings. The highest BCUT2D eigenvalue weighted by Gasteiger charge is 2.27. The number of aromatic nitrogens is 6. The molecule has 0 unspecified atom stereocenters. The first-order valence-electron chi connectivity index (χ1n) is 24.0. The highest BCUT2D eigenvalue weighted by molar-refractivity contribution is 6.28. The molecular formula is C50H71ClN16O4. The minimum absolute atomic E-state index is 0. The molecule has 2 aliphatic heterocycles. The molecule has 71 heavy (non-hydrogen) atoms. The number of methoxy groups -OCH3 is 2. The maximum atomic E-state index is 11.6. The van der Waals surface area contributed by atoms with Crippen molar-refractivity contribution in [1.29, 1.82) is 0 Å². The quantitative estimate of drug-likeness (QED) is 0.0495. The van der Waals surface area contributed by atoms with Crippen molar-refractivity contribution >= 4 is 64.5 Å². The third kappa shape index (κ3) is 15.4. The van der Waals surface area contributed by atoms with Crippen molar-refractivity contribution < 1.29 is 19.1 Å². The van der Waals surface area contributed by atoms with Gasteiger partial charge in [0.2, 0.25) is 46.8 Å². The second-order valence-corrected chi connectivity index (χ2v) is 18.4. The predicted molar refractivity (Wildman–Crippen MR) is 282 cm³/mol. The second kappa shape index (κ2) is 26.0. The molecule has 2 atom stereocenters. The lowest BCUT2D eigenvalue weighted by Gasteiger charge is -2.30. The fourth-order valence-electron chi connectivity index (χ4n) is 8.78. The van der Waals surface area contributed by atoms with Crippen LogP contribution in [0.2, 0.25) is 5.28 Å². The van der Waals surface area contributed by atoms with E-state index in [-0.39, 0.29) is 24.7 Å². The van der Waals surface area contributed by atoms with Crippen molar-refractivity contribution in [2.24, 2.45) is 17.2 Å². The molecule has 4 fully saturated rings. The molecule has 382 valence electrons. The summed E-state index contributed by atoms with van der Waals surface area (Å²) in [5.41, 5.74) is 21.4. The van der Waals surface area contributed by atoms with E-state index in [4.69, 9.17) is 43.3 Å². The number of aryl methyl sites for hydroxylation is 2. The SMILES string of the molecule is C.COc1ccc(CN(c2nc(Cl)nc(Nc3cc(C(N)=O)ccc3C)n2)C2CCCC2)c(OC)c1.Cc1ccc(C(N)=O)cc1Nc1nc(NC2CCCC2)nc(N[C@@H]2CCNC2)n1.N[C@@H]1CCNC1. The van der Waals surface area contributed by atoms with E-state index >= 15 is 0 Å². The van der Waals surface area contributed by atoms with Crippen LogP contribution in [0.1, 0.15) is 109 Å². The van der Waals surface area contributed by atoms with E-state index in [1.165, 1.54) is 12.8 Å². The standard InChI is InChI=1S/C25H29ClN6O3.C20H28N8O.C4H10N2.CH4/c1-15-8-9-16(22(27)33)12-20(15)28-24-29-23(26)30-25(31-24)32(18-6-4-5-7-18)14-17-10-11-19(34-2)13-21(17)35-3;1-12-6-7-13(17(21)29)10-16(12)25-20-27-18(23-14-4-2-3-5-14)26-19(28-20)24-15-8-9-22-11-15;5-4-1-2-6-3-4;/h8-13,18H,4-7,14H2,1-3H3,(H2,27,33)(H,28,29,30,31);6-7,10,14-15,22H,2-5,8-9,11H2,1H3,(H2,21,29)(H3,23,24,25,26,27,28);4,6H,1-3,5H2;1H4/t;15-;4-;/m.11./s1. The summed E-state index contributed by atoms with van der Waals surface area (Å²) < 4.78 is 11.0. The Bertz CT molecular complexity index is 2510. The molecule has 2 saturated carbocycles. The number of nitrogens with two attached hydrogens (primary N) is 3. The Kier molecular flexibility index (Phi) is 19.7. The van der Waals surface area contributed by atoms with Crippen LogP contribution in [0.3, 0.4) is 0 Å². The van der Waals surface area contributed by atoms with Gasteiger partial charge in [0, 0.05) is 77.9 Å². The van der Waals surface area contributed by atoms with E-state index in [2.05, 4.69) is 61.7 Å². The lowest BCUT2D eigenvalue weighted by molar-refractivity contribution is 0.0992. The monoisotopic (exact) mass is 995 g/mol. The molecule has 20 nitrogen and oxygen atoms in total. The molecule has 3 aromatic carbocycles. The van der Waals surface area contributed by atoms with Crippen LogP contribution in [0.4, 0.5) is 41.1 Å². The molecule has 2 saturated heterocycles. The Morgan fingerprint density at radius 1 is 0.676 bits per heavy atom. The smallest absolute Gasteiger partial charge is 0.248 e. The van der Waals surface area contributed by atoms with Gasteiger partial charge in [-0.3, -0.25) is 9.59 Å². The van der Waals surface area contributed by atoms with E-state index in [9.17, 15) is 9.59 Å². The van der Waals surface area contributed by atoms with Crippen LogP contribution in [-0.2, 0) is 6.54 Å². The van der Waals surface area contributed by atoms with Crippen LogP contribution in [-0.4, -0.2) is 106 Å². The largest absolute Gasteiger partial charge is 0.497 e. The van der Waals surface area contributed by atoms with Gasteiger partial charge in [-0.15, -0.1) is 0 Å². The van der Waals surface area contributed by atoms with Gasteiger partial charge in [0.1, 0.15) is 11.5 Å². The van der Waals surface area contributed by atoms with Crippen LogP contribution in [0.15, 0.2) is 54.6 Å². The van der Waals surface area contributed by atoms with Crippen molar-refractivity contribution in [2.45, 2.75) is 116 Å². The summed E-state index contributed by atoms with van der Waals surface area (Å²) in [6.45, 7) is 8.40. The third-order valence-corrected chi connectivity index (χ3v) is 13.0. The molecule has 9 rings (SSSR count). The number of halogens is 1. The number of carbonyl (C=O) groups excluding carboxylic acids is 2. The fourth-order valence-corrected chi connectivity index (χ4v) is 8.94. The molecule has 12 N–H and O–H groups in total. The number of nitrogens with zero attached hydrogens (tertiary/aromatic N) is 7. The molecule has 4 aliphatic rings. The van der Waals surface area contributed by atoms with Crippen molar-refractivity contribution in [3.63, 3.8) is 0 Å². The highest BCUT2D eigenvalue weighted by Crippen LogP contribution is 2.33. The number of anilines is 7. The van der Waals surface area contributed by atoms with Gasteiger partial charge in [0.15, 0.2) is 0 Å². The number of amides is 2. The van der Waals surface area contributed by atoms with Crippen LogP contribution in [0.25, 0.3) is 0 Å². The second-order valence-electron chi connectivity index (χ2n) is 18.0. The summed E-state index contributed by atoms with van der Waals surface area (Å²) in [5.74, 6) is 2.76. The van der Waals surface area contributed by atoms with Crippen molar-refractivity contribution in [3.8, 4) is 11.5 Å². The first-order chi connectivity index (χ1) is 33.8. The lowest BCUT2D eigenvalue weighted by Crippen LogP contribution is -2.34. The zero-order valence-corrected chi connectivity index (χ0v) is 41.2. The van der Waals surface area contributed by atoms with Gasteiger partial charge in [-0.25, -0.2) is 0 Å². The zero-order chi connectivity index (χ0) is 49.6. The van der Waals surface area contributed by atoms with Gasteiger partial charge in [-0.2, -0.15) is 29.9 Å². The number of nitrogens with one attached hydrogen (secondary N) is 6. The Labute approximate surface area is 421 Å². The predicted octanol–water partition coefficient (Wildman–Crippen LogP) is 6.74. The maximum absolute atomic E-state index is 11.6. The fraction of sp³-hybridized carbons (Fsp3) is 0.480. The van der Waals surface area contributed by atoms with Crippen LogP contribution in [0, 0.1) is 13.8 Å². The molecule has 0 spiro atoms. The number of benzene rings is 3. The van der Waals surface area contributed by atoms with Crippen LogP contribution in [0.5, 0.6) is 11.5 Å². The van der Waals surface area contributed by atoms with Crippen LogP contribution >= 0.6 is 11.6 Å². The molecule has 2 amide bonds. The minimum Gasteiger partial charge on any atom is -0.497 e. The zero-order valence-electron chi connectivity index (χ0n) is 40.5. The van der Waals surface area contributed by atoms with Gasteiger partial charge in [0.25, 0.3) is 0 Å². The maximum Gasteiger partial charge on any atom is 0.248 e. The molecule has 0 radical (unpaired) electrons. The number of primary amides is 2. The van der Waals surface area contributed by atoms with Crippen molar-refractivity contribution in [1.82, 2.24) is 40.5 Å². The lowest BCUT2D eigenvalue weighted by atomic mass is 10.1. The normalized spacial score (nSPS) is 17.4. The summed E-state index contributed by atoms with van der Waals surface area (Å²) in [7, 11) is 3.27. The van der Waals surface area contributed by atoms with E-state index in [0.717, 1.165) is 111 Å². The van der Waals surface area contributed by atoms with Gasteiger partial charge in [-0.1, -0.05) is 45.2 Å². The van der Waals surface area contributed by atoms with E-state index in [1.54, 1.807) is 38.5 Å². The Balaban J connectivity index is 0.000000207. The summed E-state index contributed by atoms with van der Waals surface area (Å²) in [4.78, 5) is 52.5. The molecule has 0 bridgehead atoms. The highest BCUT2D eigenvalue weighted by atomic mass is 35.5. The molecule has 21 heteroatoms. The summed E-state index contributed by atoms with van der Waals surface area (Å²) in [6.07, 6.45) is 11.2. The molecular weight excluding hydrogens is 924 g/mol. The first kappa shape index (κ1) is 53.7. The van der Waals surface area contributed by atoms with Gasteiger partial charge >= 0.3 is 0 Å². The van der Waals surface area contributed by atoms with Crippen molar-refractivity contribution in [2.75, 3.05) is 66.6 Å². The average molecular weight is 996 g/mol. The molecule has 2 aromatic heterocycles. The number of rotatable bonds is 16. The Morgan fingerprint density at radius 3 is 1.76 bits per heavy atom. The molecule has 2 aliphatic carbocycles. The average Bonchev–Trinajstić information content (AvgIpc) is 4.21. The summed E-state index contributed by atoms with van der Waals surface area (Å²) in [5, 5.41) is 19.8. The minimum atomic E-state index is -0.511. The van der Waals surface area contributed by atoms with E-state index in [0.29, 0.717) is 65.3 Å². The number of ether oxygens (including phenoxy) is 2. The van der Waals surface area contributed by atoms with Crippen molar-refractivity contribution in [3.05, 3.63) is 87.7 Å². The van der Waals surface area contributed by atoms with Crippen LogP contribution < -0.4 is 63.5 Å². The topological polar surface area (TPSA) is 283 Å². The van der Waals surface area contributed by atoms with Gasteiger partial charge in [-0.05, 0) is 125 Å². The Hall–Kier alpha value is -6.61. The summed E-state index contributed by atoms with van der Waals surface area (Å²) in [6, 6.07) is 17.6. The number of hydrogen-bond acceptors (Lipinski definition) is 18. The number of hydrogen-bond donors (Lipinski definition) is 9. The Morgan fingerprint density at radius 2 is 1.24 bits per heavy atom. The molecule has 4 heterocycles. The number of carbonyl (C=O) groups is 2. The third-order valence-electron chi connectivity index (χ3n) is 12.8. The summed E-state index contributed by atoms with van der Waals surface area (Å²) >= 11 is 6.35. The van der Waals surface area contributed by atoms with E-state index in [1.807, 2.05) is 44.2 Å². The van der Waals surface area contributed by atoms with Gasteiger partial charge < -0.3 is 63.5 Å². The van der Waals surface area contributed by atoms with Gasteiger partial charge in [0.05, 0.1) is 14.2 Å². The first-order valence-corrected chi connectivity index (χ1v) is 24.4. The van der Waals surface area contributed by atoms with E-state index < -0.39 is 11.8 Å².